The largest absolute Gasteiger partial charge is 0.354 e. The number of anilines is 2. The first kappa shape index (κ1) is 24.8. The molecule has 0 saturated carbocycles. The Morgan fingerprint density at radius 2 is 1.91 bits per heavy atom. The minimum atomic E-state index is -0.301. The zero-order valence-electron chi connectivity index (χ0n) is 20.6. The lowest BCUT2D eigenvalue weighted by Gasteiger charge is -2.32. The second kappa shape index (κ2) is 10.6. The summed E-state index contributed by atoms with van der Waals surface area (Å²) in [5.41, 5.74) is 1.94. The SMILES string of the molecule is CC(C)NC(=O)[C@@H]1CCCN(c2nc3ncn(CC(=O)Nc4ccc(C(C)C)cc4)c(=O)c3s2)C1. The van der Waals surface area contributed by atoms with Crippen LogP contribution in [0.25, 0.3) is 10.3 Å². The zero-order chi connectivity index (χ0) is 25.1. The van der Waals surface area contributed by atoms with E-state index in [1.165, 1.54) is 27.8 Å². The number of rotatable bonds is 7. The summed E-state index contributed by atoms with van der Waals surface area (Å²) in [5, 5.41) is 6.50. The number of hydrogen-bond donors (Lipinski definition) is 2. The Balaban J connectivity index is 1.46. The molecule has 0 unspecified atom stereocenters. The van der Waals surface area contributed by atoms with Crippen LogP contribution in [0.15, 0.2) is 35.4 Å². The van der Waals surface area contributed by atoms with Crippen molar-refractivity contribution in [2.24, 2.45) is 5.92 Å². The molecule has 0 radical (unpaired) electrons. The van der Waals surface area contributed by atoms with Crippen molar-refractivity contribution in [2.45, 2.75) is 59.0 Å². The molecule has 1 saturated heterocycles. The fraction of sp³-hybridized carbons (Fsp3) is 0.480. The van der Waals surface area contributed by atoms with Crippen LogP contribution in [0.1, 0.15) is 52.0 Å². The van der Waals surface area contributed by atoms with Gasteiger partial charge in [0.1, 0.15) is 17.6 Å². The third-order valence-electron chi connectivity index (χ3n) is 6.04. The standard InChI is InChI=1S/C25H32N6O3S/c1-15(2)17-7-9-19(10-8-17)28-20(32)13-31-14-26-22-21(24(31)34)35-25(29-22)30-11-5-6-18(12-30)23(33)27-16(3)4/h7-10,14-16,18H,5-6,11-13H2,1-4H3,(H,27,33)(H,28,32)/t18-/m1/s1. The van der Waals surface area contributed by atoms with Gasteiger partial charge in [-0.25, -0.2) is 4.98 Å². The van der Waals surface area contributed by atoms with E-state index in [4.69, 9.17) is 0 Å². The minimum absolute atomic E-state index is 0.0520. The number of hydrogen-bond acceptors (Lipinski definition) is 7. The van der Waals surface area contributed by atoms with Crippen LogP contribution in [0.4, 0.5) is 10.8 Å². The lowest BCUT2D eigenvalue weighted by Crippen LogP contribution is -2.44. The van der Waals surface area contributed by atoms with E-state index in [2.05, 4.69) is 39.3 Å². The molecule has 3 heterocycles. The Bertz CT molecular complexity index is 1260. The van der Waals surface area contributed by atoms with Crippen molar-refractivity contribution >= 4 is 44.3 Å². The number of benzene rings is 1. The molecular formula is C25H32N6O3S. The second-order valence-electron chi connectivity index (χ2n) is 9.60. The number of carbonyl (C=O) groups excluding carboxylic acids is 2. The quantitative estimate of drug-likeness (QED) is 0.519. The monoisotopic (exact) mass is 496 g/mol. The van der Waals surface area contributed by atoms with Gasteiger partial charge in [0, 0.05) is 24.8 Å². The van der Waals surface area contributed by atoms with Gasteiger partial charge in [-0.3, -0.25) is 19.0 Å². The first-order valence-corrected chi connectivity index (χ1v) is 12.8. The van der Waals surface area contributed by atoms with E-state index in [9.17, 15) is 14.4 Å². The third kappa shape index (κ3) is 5.87. The summed E-state index contributed by atoms with van der Waals surface area (Å²) in [6.45, 7) is 9.32. The molecular weight excluding hydrogens is 464 g/mol. The van der Waals surface area contributed by atoms with Crippen LogP contribution < -0.4 is 21.1 Å². The highest BCUT2D eigenvalue weighted by atomic mass is 32.1. The van der Waals surface area contributed by atoms with E-state index >= 15 is 0 Å². The predicted molar refractivity (Wildman–Crippen MR) is 139 cm³/mol. The van der Waals surface area contributed by atoms with Gasteiger partial charge in [0.15, 0.2) is 10.8 Å². The van der Waals surface area contributed by atoms with Gasteiger partial charge in [-0.15, -0.1) is 0 Å². The van der Waals surface area contributed by atoms with Gasteiger partial charge in [-0.1, -0.05) is 37.3 Å². The summed E-state index contributed by atoms with van der Waals surface area (Å²) in [6.07, 6.45) is 3.08. The molecule has 9 nitrogen and oxygen atoms in total. The molecule has 1 aromatic carbocycles. The Hall–Kier alpha value is -3.27. The summed E-state index contributed by atoms with van der Waals surface area (Å²) < 4.78 is 1.71. The molecule has 2 aromatic heterocycles. The number of amides is 2. The molecule has 1 atom stereocenters. The van der Waals surface area contributed by atoms with Crippen molar-refractivity contribution in [1.82, 2.24) is 19.9 Å². The maximum Gasteiger partial charge on any atom is 0.273 e. The predicted octanol–water partition coefficient (Wildman–Crippen LogP) is 3.36. The van der Waals surface area contributed by atoms with Crippen LogP contribution in [0.3, 0.4) is 0 Å². The van der Waals surface area contributed by atoms with E-state index in [1.807, 2.05) is 38.1 Å². The van der Waals surface area contributed by atoms with Crippen LogP contribution >= 0.6 is 11.3 Å². The fourth-order valence-electron chi connectivity index (χ4n) is 4.16. The average Bonchev–Trinajstić information content (AvgIpc) is 3.26. The number of fused-ring (bicyclic) bond motifs is 1. The maximum absolute atomic E-state index is 13.1. The Morgan fingerprint density at radius 1 is 1.17 bits per heavy atom. The zero-order valence-corrected chi connectivity index (χ0v) is 21.4. The number of thiazole rings is 1. The van der Waals surface area contributed by atoms with Crippen LogP contribution in [-0.4, -0.2) is 45.5 Å². The summed E-state index contributed by atoms with van der Waals surface area (Å²) in [6, 6.07) is 7.78. The average molecular weight is 497 g/mol. The van der Waals surface area contributed by atoms with E-state index in [-0.39, 0.29) is 35.9 Å². The highest BCUT2D eigenvalue weighted by Gasteiger charge is 2.28. The molecule has 35 heavy (non-hydrogen) atoms. The smallest absolute Gasteiger partial charge is 0.273 e. The molecule has 1 aliphatic heterocycles. The Morgan fingerprint density at radius 3 is 2.60 bits per heavy atom. The topological polar surface area (TPSA) is 109 Å². The molecule has 10 heteroatoms. The van der Waals surface area contributed by atoms with Crippen molar-refractivity contribution in [3.63, 3.8) is 0 Å². The molecule has 0 bridgehead atoms. The van der Waals surface area contributed by atoms with Crippen molar-refractivity contribution in [3.8, 4) is 0 Å². The molecule has 1 aliphatic rings. The first-order valence-electron chi connectivity index (χ1n) is 12.0. The maximum atomic E-state index is 13.1. The summed E-state index contributed by atoms with van der Waals surface area (Å²) in [4.78, 5) is 49.0. The molecule has 2 amide bonds. The minimum Gasteiger partial charge on any atom is -0.354 e. The molecule has 0 spiro atoms. The second-order valence-corrected chi connectivity index (χ2v) is 10.6. The molecule has 4 rings (SSSR count). The number of aromatic nitrogens is 3. The van der Waals surface area contributed by atoms with E-state index in [0.717, 1.165) is 19.4 Å². The third-order valence-corrected chi connectivity index (χ3v) is 7.13. The lowest BCUT2D eigenvalue weighted by molar-refractivity contribution is -0.125. The van der Waals surface area contributed by atoms with Gasteiger partial charge in [-0.2, -0.15) is 4.98 Å². The summed E-state index contributed by atoms with van der Waals surface area (Å²) >= 11 is 1.26. The van der Waals surface area contributed by atoms with Gasteiger partial charge >= 0.3 is 0 Å². The number of nitrogens with one attached hydrogen (secondary N) is 2. The van der Waals surface area contributed by atoms with Gasteiger partial charge in [0.2, 0.25) is 11.8 Å². The van der Waals surface area contributed by atoms with Gasteiger partial charge in [0.25, 0.3) is 5.56 Å². The van der Waals surface area contributed by atoms with Crippen LogP contribution in [0, 0.1) is 5.92 Å². The molecule has 186 valence electrons. The van der Waals surface area contributed by atoms with Crippen molar-refractivity contribution in [1.29, 1.82) is 0 Å². The van der Waals surface area contributed by atoms with Gasteiger partial charge in [0.05, 0.1) is 5.92 Å². The van der Waals surface area contributed by atoms with Crippen LogP contribution in [0.5, 0.6) is 0 Å². The fourth-order valence-corrected chi connectivity index (χ4v) is 5.16. The van der Waals surface area contributed by atoms with Gasteiger partial charge < -0.3 is 15.5 Å². The van der Waals surface area contributed by atoms with Crippen molar-refractivity contribution < 1.29 is 9.59 Å². The van der Waals surface area contributed by atoms with E-state index in [0.29, 0.717) is 33.6 Å². The summed E-state index contributed by atoms with van der Waals surface area (Å²) in [7, 11) is 0. The molecule has 1 fully saturated rings. The van der Waals surface area contributed by atoms with Crippen molar-refractivity contribution in [3.05, 3.63) is 46.5 Å². The number of nitrogens with zero attached hydrogens (tertiary/aromatic N) is 4. The van der Waals surface area contributed by atoms with Gasteiger partial charge in [-0.05, 0) is 50.3 Å². The lowest BCUT2D eigenvalue weighted by atomic mass is 9.97. The Kier molecular flexibility index (Phi) is 7.49. The van der Waals surface area contributed by atoms with Crippen LogP contribution in [-0.2, 0) is 16.1 Å². The molecule has 0 aliphatic carbocycles. The van der Waals surface area contributed by atoms with E-state index < -0.39 is 0 Å². The highest BCUT2D eigenvalue weighted by molar-refractivity contribution is 7.22. The number of piperidine rings is 1. The summed E-state index contributed by atoms with van der Waals surface area (Å²) in [5.74, 6) is 0.0518. The van der Waals surface area contributed by atoms with Crippen molar-refractivity contribution in [2.75, 3.05) is 23.3 Å². The number of carbonyl (C=O) groups is 2. The normalized spacial score (nSPS) is 16.2. The molecule has 2 N–H and O–H groups in total. The molecule has 3 aromatic rings. The highest BCUT2D eigenvalue weighted by Crippen LogP contribution is 2.29. The van der Waals surface area contributed by atoms with E-state index in [1.54, 1.807) is 0 Å². The first-order chi connectivity index (χ1) is 16.7. The van der Waals surface area contributed by atoms with Crippen LogP contribution in [0.2, 0.25) is 0 Å². The Labute approximate surface area is 208 Å².